The molecule has 1 amide bonds. The van der Waals surface area contributed by atoms with Crippen LogP contribution >= 0.6 is 27.5 Å². The summed E-state index contributed by atoms with van der Waals surface area (Å²) in [5.41, 5.74) is -0.0670. The van der Waals surface area contributed by atoms with E-state index in [1.165, 1.54) is 23.1 Å². The second kappa shape index (κ2) is 5.47. The standard InChI is InChI=1S/C10H10BrClFNO/c1-14(6-5-11)10(15)9-7(12)3-2-4-8(9)13/h2-4H,5-6H2,1H3. The van der Waals surface area contributed by atoms with Crippen LogP contribution in [0.25, 0.3) is 0 Å². The lowest BCUT2D eigenvalue weighted by molar-refractivity contribution is 0.0799. The van der Waals surface area contributed by atoms with E-state index in [9.17, 15) is 9.18 Å². The van der Waals surface area contributed by atoms with Crippen molar-refractivity contribution in [2.24, 2.45) is 0 Å². The number of carbonyl (C=O) groups is 1. The average molecular weight is 295 g/mol. The molecule has 1 rings (SSSR count). The number of halogens is 3. The molecule has 1 aromatic rings. The van der Waals surface area contributed by atoms with Gasteiger partial charge in [-0.2, -0.15) is 0 Å². The van der Waals surface area contributed by atoms with Gasteiger partial charge < -0.3 is 4.90 Å². The maximum absolute atomic E-state index is 13.4. The first-order valence-electron chi connectivity index (χ1n) is 4.33. The van der Waals surface area contributed by atoms with Crippen LogP contribution in [0.4, 0.5) is 4.39 Å². The molecule has 82 valence electrons. The Morgan fingerprint density at radius 3 is 2.80 bits per heavy atom. The first kappa shape index (κ1) is 12.5. The molecule has 0 N–H and O–H groups in total. The van der Waals surface area contributed by atoms with Crippen LogP contribution in [0.15, 0.2) is 18.2 Å². The summed E-state index contributed by atoms with van der Waals surface area (Å²) >= 11 is 8.98. The van der Waals surface area contributed by atoms with E-state index in [2.05, 4.69) is 15.9 Å². The molecule has 0 radical (unpaired) electrons. The van der Waals surface area contributed by atoms with Gasteiger partial charge >= 0.3 is 0 Å². The second-order valence-corrected chi connectivity index (χ2v) is 4.21. The molecule has 0 aromatic heterocycles. The van der Waals surface area contributed by atoms with E-state index >= 15 is 0 Å². The number of hydrogen-bond acceptors (Lipinski definition) is 1. The molecule has 0 aliphatic rings. The van der Waals surface area contributed by atoms with Crippen molar-refractivity contribution in [1.29, 1.82) is 0 Å². The predicted octanol–water partition coefficient (Wildman–Crippen LogP) is 2.95. The van der Waals surface area contributed by atoms with Gasteiger partial charge in [-0.15, -0.1) is 0 Å². The van der Waals surface area contributed by atoms with E-state index in [0.717, 1.165) is 0 Å². The summed E-state index contributed by atoms with van der Waals surface area (Å²) in [7, 11) is 1.60. The van der Waals surface area contributed by atoms with Crippen molar-refractivity contribution in [3.8, 4) is 0 Å². The second-order valence-electron chi connectivity index (χ2n) is 3.01. The Hall–Kier alpha value is -0.610. The Bertz CT molecular complexity index is 352. The van der Waals surface area contributed by atoms with Gasteiger partial charge in [-0.25, -0.2) is 4.39 Å². The molecule has 0 spiro atoms. The van der Waals surface area contributed by atoms with Gasteiger partial charge in [-0.05, 0) is 12.1 Å². The lowest BCUT2D eigenvalue weighted by Gasteiger charge is -2.16. The highest BCUT2D eigenvalue weighted by Gasteiger charge is 2.18. The highest BCUT2D eigenvalue weighted by atomic mass is 79.9. The molecule has 0 saturated carbocycles. The fourth-order valence-electron chi connectivity index (χ4n) is 1.12. The molecule has 1 aromatic carbocycles. The smallest absolute Gasteiger partial charge is 0.258 e. The van der Waals surface area contributed by atoms with E-state index in [-0.39, 0.29) is 10.6 Å². The van der Waals surface area contributed by atoms with E-state index in [1.54, 1.807) is 7.05 Å². The molecule has 5 heteroatoms. The quantitative estimate of drug-likeness (QED) is 0.785. The molecule has 0 saturated heterocycles. The molecular weight excluding hydrogens is 284 g/mol. The predicted molar refractivity (Wildman–Crippen MR) is 62.2 cm³/mol. The molecule has 0 aliphatic carbocycles. The molecule has 0 atom stereocenters. The maximum Gasteiger partial charge on any atom is 0.258 e. The largest absolute Gasteiger partial charge is 0.341 e. The van der Waals surface area contributed by atoms with Crippen LogP contribution in [0.2, 0.25) is 5.02 Å². The Labute approximate surface area is 101 Å². The summed E-state index contributed by atoms with van der Waals surface area (Å²) < 4.78 is 13.4. The van der Waals surface area contributed by atoms with Gasteiger partial charge in [0.15, 0.2) is 0 Å². The first-order chi connectivity index (χ1) is 7.07. The van der Waals surface area contributed by atoms with Gasteiger partial charge in [0.1, 0.15) is 5.82 Å². The Balaban J connectivity index is 3.00. The summed E-state index contributed by atoms with van der Waals surface area (Å²) in [5, 5.41) is 0.780. The van der Waals surface area contributed by atoms with E-state index in [1.807, 2.05) is 0 Å². The Morgan fingerprint density at radius 1 is 1.60 bits per heavy atom. The van der Waals surface area contributed by atoms with Gasteiger partial charge in [0.05, 0.1) is 10.6 Å². The van der Waals surface area contributed by atoms with Crippen molar-refractivity contribution in [3.05, 3.63) is 34.6 Å². The lowest BCUT2D eigenvalue weighted by atomic mass is 10.2. The van der Waals surface area contributed by atoms with E-state index in [0.29, 0.717) is 11.9 Å². The van der Waals surface area contributed by atoms with Crippen molar-refractivity contribution in [1.82, 2.24) is 4.90 Å². The highest BCUT2D eigenvalue weighted by Crippen LogP contribution is 2.20. The minimum Gasteiger partial charge on any atom is -0.341 e. The number of hydrogen-bond donors (Lipinski definition) is 0. The maximum atomic E-state index is 13.4. The molecule has 0 heterocycles. The van der Waals surface area contributed by atoms with Crippen LogP contribution in [-0.4, -0.2) is 29.7 Å². The van der Waals surface area contributed by atoms with Crippen molar-refractivity contribution < 1.29 is 9.18 Å². The summed E-state index contributed by atoms with van der Waals surface area (Å²) in [4.78, 5) is 13.2. The number of rotatable bonds is 3. The Kier molecular flexibility index (Phi) is 4.54. The molecule has 2 nitrogen and oxygen atoms in total. The number of alkyl halides is 1. The third-order valence-electron chi connectivity index (χ3n) is 1.94. The minimum absolute atomic E-state index is 0.0670. The monoisotopic (exact) mass is 293 g/mol. The minimum atomic E-state index is -0.589. The van der Waals surface area contributed by atoms with Crippen LogP contribution in [-0.2, 0) is 0 Å². The number of carbonyl (C=O) groups excluding carboxylic acids is 1. The zero-order valence-corrected chi connectivity index (χ0v) is 10.5. The molecule has 15 heavy (non-hydrogen) atoms. The van der Waals surface area contributed by atoms with E-state index < -0.39 is 11.7 Å². The first-order valence-corrected chi connectivity index (χ1v) is 5.83. The van der Waals surface area contributed by atoms with Crippen LogP contribution in [0.3, 0.4) is 0 Å². The van der Waals surface area contributed by atoms with Gasteiger partial charge in [0.25, 0.3) is 5.91 Å². The van der Waals surface area contributed by atoms with Gasteiger partial charge in [-0.3, -0.25) is 4.79 Å². The van der Waals surface area contributed by atoms with Crippen LogP contribution in [0.5, 0.6) is 0 Å². The molecule has 0 aliphatic heterocycles. The molecule has 0 bridgehead atoms. The van der Waals surface area contributed by atoms with Crippen LogP contribution < -0.4 is 0 Å². The molecule has 0 fully saturated rings. The summed E-state index contributed by atoms with van der Waals surface area (Å²) in [6, 6.07) is 4.19. The number of benzene rings is 1. The van der Waals surface area contributed by atoms with Crippen molar-refractivity contribution >= 4 is 33.4 Å². The van der Waals surface area contributed by atoms with E-state index in [4.69, 9.17) is 11.6 Å². The zero-order chi connectivity index (χ0) is 11.4. The fraction of sp³-hybridized carbons (Fsp3) is 0.300. The highest BCUT2D eigenvalue weighted by molar-refractivity contribution is 9.09. The van der Waals surface area contributed by atoms with Crippen molar-refractivity contribution in [3.63, 3.8) is 0 Å². The van der Waals surface area contributed by atoms with Crippen molar-refractivity contribution in [2.75, 3.05) is 18.9 Å². The zero-order valence-electron chi connectivity index (χ0n) is 8.14. The van der Waals surface area contributed by atoms with Crippen LogP contribution in [0.1, 0.15) is 10.4 Å². The van der Waals surface area contributed by atoms with Gasteiger partial charge in [0, 0.05) is 18.9 Å². The summed E-state index contributed by atoms with van der Waals surface area (Å²) in [6.07, 6.45) is 0. The van der Waals surface area contributed by atoms with Crippen molar-refractivity contribution in [2.45, 2.75) is 0 Å². The summed E-state index contributed by atoms with van der Waals surface area (Å²) in [6.45, 7) is 0.503. The third kappa shape index (κ3) is 2.92. The third-order valence-corrected chi connectivity index (χ3v) is 2.61. The lowest BCUT2D eigenvalue weighted by Crippen LogP contribution is -2.29. The fourth-order valence-corrected chi connectivity index (χ4v) is 1.90. The van der Waals surface area contributed by atoms with Gasteiger partial charge in [-0.1, -0.05) is 33.6 Å². The SMILES string of the molecule is CN(CCBr)C(=O)c1c(F)cccc1Cl. The molecular formula is C10H10BrClFNO. The number of nitrogens with zero attached hydrogens (tertiary/aromatic N) is 1. The molecule has 0 unspecified atom stereocenters. The van der Waals surface area contributed by atoms with Gasteiger partial charge in [0.2, 0.25) is 0 Å². The van der Waals surface area contributed by atoms with Crippen LogP contribution in [0, 0.1) is 5.82 Å². The average Bonchev–Trinajstić information content (AvgIpc) is 2.17. The number of amides is 1. The Morgan fingerprint density at radius 2 is 2.27 bits per heavy atom. The summed E-state index contributed by atoms with van der Waals surface area (Å²) in [5.74, 6) is -0.994. The normalized spacial score (nSPS) is 10.1. The topological polar surface area (TPSA) is 20.3 Å².